The molecular weight excluding hydrogens is 260 g/mol. The Hall–Kier alpha value is -2.56. The van der Waals surface area contributed by atoms with E-state index in [9.17, 15) is 9.59 Å². The van der Waals surface area contributed by atoms with Crippen molar-refractivity contribution in [3.8, 4) is 17.1 Å². The van der Waals surface area contributed by atoms with Crippen LogP contribution in [0.3, 0.4) is 0 Å². The number of esters is 1. The molecule has 5 nitrogen and oxygen atoms in total. The third kappa shape index (κ3) is 2.71. The van der Waals surface area contributed by atoms with Gasteiger partial charge in [-0.15, -0.1) is 0 Å². The highest BCUT2D eigenvalue weighted by Gasteiger charge is 2.17. The van der Waals surface area contributed by atoms with Gasteiger partial charge in [0, 0.05) is 0 Å². The lowest BCUT2D eigenvalue weighted by atomic mass is 10.0. The van der Waals surface area contributed by atoms with Gasteiger partial charge in [0.2, 0.25) is 0 Å². The summed E-state index contributed by atoms with van der Waals surface area (Å²) in [6, 6.07) is 8.57. The summed E-state index contributed by atoms with van der Waals surface area (Å²) < 4.78 is 15.4. The molecule has 0 spiro atoms. The second-order valence-corrected chi connectivity index (χ2v) is 4.07. The molecule has 0 saturated carbocycles. The normalized spacial score (nSPS) is 10.1. The van der Waals surface area contributed by atoms with E-state index >= 15 is 0 Å². The van der Waals surface area contributed by atoms with Gasteiger partial charge in [0.05, 0.1) is 26.2 Å². The maximum Gasteiger partial charge on any atom is 0.310 e. The summed E-state index contributed by atoms with van der Waals surface area (Å²) >= 11 is 0. The first kappa shape index (κ1) is 13.9. The molecule has 20 heavy (non-hydrogen) atoms. The molecule has 0 unspecified atom stereocenters. The van der Waals surface area contributed by atoms with Gasteiger partial charge in [0.15, 0.2) is 12.0 Å². The Morgan fingerprint density at radius 2 is 2.05 bits per heavy atom. The van der Waals surface area contributed by atoms with Crippen molar-refractivity contribution in [1.29, 1.82) is 0 Å². The largest absolute Gasteiger partial charge is 0.496 e. The fraction of sp³-hybridized carbons (Fsp3) is 0.200. The Kier molecular flexibility index (Phi) is 4.20. The van der Waals surface area contributed by atoms with Crippen LogP contribution in [0, 0.1) is 0 Å². The first-order chi connectivity index (χ1) is 9.69. The van der Waals surface area contributed by atoms with E-state index in [-0.39, 0.29) is 18.2 Å². The van der Waals surface area contributed by atoms with E-state index in [0.29, 0.717) is 28.9 Å². The van der Waals surface area contributed by atoms with Gasteiger partial charge in [0.25, 0.3) is 0 Å². The molecule has 104 valence electrons. The lowest BCUT2D eigenvalue weighted by molar-refractivity contribution is -0.139. The molecule has 0 aliphatic heterocycles. The molecule has 0 aliphatic carbocycles. The van der Waals surface area contributed by atoms with Crippen molar-refractivity contribution in [2.75, 3.05) is 14.2 Å². The summed E-state index contributed by atoms with van der Waals surface area (Å²) in [6.45, 7) is 0. The van der Waals surface area contributed by atoms with Crippen LogP contribution >= 0.6 is 0 Å². The zero-order chi connectivity index (χ0) is 14.5. The minimum Gasteiger partial charge on any atom is -0.496 e. The van der Waals surface area contributed by atoms with Gasteiger partial charge in [-0.05, 0) is 23.8 Å². The van der Waals surface area contributed by atoms with Gasteiger partial charge in [0.1, 0.15) is 11.5 Å². The van der Waals surface area contributed by atoms with Gasteiger partial charge in [-0.1, -0.05) is 12.1 Å². The first-order valence-electron chi connectivity index (χ1n) is 5.97. The summed E-state index contributed by atoms with van der Waals surface area (Å²) in [4.78, 5) is 22.2. The fourth-order valence-electron chi connectivity index (χ4n) is 1.95. The third-order valence-corrected chi connectivity index (χ3v) is 2.88. The van der Waals surface area contributed by atoms with E-state index < -0.39 is 0 Å². The van der Waals surface area contributed by atoms with Crippen LogP contribution in [0.4, 0.5) is 0 Å². The van der Waals surface area contributed by atoms with Gasteiger partial charge in [-0.2, -0.15) is 0 Å². The number of methoxy groups -OCH3 is 2. The van der Waals surface area contributed by atoms with Crippen molar-refractivity contribution in [2.24, 2.45) is 0 Å². The summed E-state index contributed by atoms with van der Waals surface area (Å²) in [6.07, 6.45) is 0.721. The van der Waals surface area contributed by atoms with Crippen LogP contribution in [0.15, 0.2) is 34.7 Å². The fourth-order valence-corrected chi connectivity index (χ4v) is 1.95. The summed E-state index contributed by atoms with van der Waals surface area (Å²) in [5, 5.41) is 0. The molecule has 0 amide bonds. The molecule has 0 saturated heterocycles. The van der Waals surface area contributed by atoms with Crippen LogP contribution in [0.1, 0.15) is 16.1 Å². The molecule has 0 fully saturated rings. The van der Waals surface area contributed by atoms with E-state index in [1.165, 1.54) is 14.2 Å². The third-order valence-electron chi connectivity index (χ3n) is 2.88. The summed E-state index contributed by atoms with van der Waals surface area (Å²) in [5.74, 6) is 0.901. The number of hydrogen-bond acceptors (Lipinski definition) is 5. The maximum absolute atomic E-state index is 11.5. The van der Waals surface area contributed by atoms with Gasteiger partial charge in [-0.25, -0.2) is 0 Å². The predicted octanol–water partition coefficient (Wildman–Crippen LogP) is 2.48. The molecule has 0 atom stereocenters. The van der Waals surface area contributed by atoms with Crippen LogP contribution in [-0.2, 0) is 16.0 Å². The highest BCUT2D eigenvalue weighted by atomic mass is 16.5. The van der Waals surface area contributed by atoms with Crippen LogP contribution < -0.4 is 4.74 Å². The van der Waals surface area contributed by atoms with Gasteiger partial charge in [-0.3, -0.25) is 9.59 Å². The minimum atomic E-state index is -0.360. The quantitative estimate of drug-likeness (QED) is 0.619. The van der Waals surface area contributed by atoms with Crippen LogP contribution in [-0.4, -0.2) is 26.5 Å². The molecule has 1 aromatic heterocycles. The number of rotatable bonds is 5. The number of aldehydes is 1. The van der Waals surface area contributed by atoms with E-state index in [4.69, 9.17) is 9.15 Å². The summed E-state index contributed by atoms with van der Waals surface area (Å²) in [5.41, 5.74) is 1.36. The number of carbonyl (C=O) groups excluding carboxylic acids is 2. The Labute approximate surface area is 116 Å². The van der Waals surface area contributed by atoms with Crippen LogP contribution in [0.25, 0.3) is 11.3 Å². The van der Waals surface area contributed by atoms with Crippen molar-refractivity contribution in [1.82, 2.24) is 0 Å². The summed E-state index contributed by atoms with van der Waals surface area (Å²) in [7, 11) is 2.86. The van der Waals surface area contributed by atoms with E-state index in [1.807, 2.05) is 0 Å². The lowest BCUT2D eigenvalue weighted by Gasteiger charge is -2.11. The van der Waals surface area contributed by atoms with Crippen molar-refractivity contribution in [3.05, 3.63) is 41.7 Å². The second-order valence-electron chi connectivity index (χ2n) is 4.07. The molecule has 1 aromatic carbocycles. The van der Waals surface area contributed by atoms with Gasteiger partial charge >= 0.3 is 5.97 Å². The molecule has 2 rings (SSSR count). The Morgan fingerprint density at radius 3 is 2.65 bits per heavy atom. The molecule has 0 bridgehead atoms. The zero-order valence-corrected chi connectivity index (χ0v) is 11.2. The highest BCUT2D eigenvalue weighted by Crippen LogP contribution is 2.34. The molecule has 5 heteroatoms. The van der Waals surface area contributed by atoms with Crippen molar-refractivity contribution < 1.29 is 23.5 Å². The van der Waals surface area contributed by atoms with Crippen molar-refractivity contribution >= 4 is 12.3 Å². The molecule has 2 aromatic rings. The Bertz CT molecular complexity index is 627. The SMILES string of the molecule is COC(=O)Cc1cccc(OC)c1-c1ccc(C=O)o1. The van der Waals surface area contributed by atoms with Crippen LogP contribution in [0.2, 0.25) is 0 Å². The number of carbonyl (C=O) groups is 2. The lowest BCUT2D eigenvalue weighted by Crippen LogP contribution is -2.06. The number of hydrogen-bond donors (Lipinski definition) is 0. The predicted molar refractivity (Wildman–Crippen MR) is 71.8 cm³/mol. The minimum absolute atomic E-state index is 0.0974. The maximum atomic E-state index is 11.5. The highest BCUT2D eigenvalue weighted by molar-refractivity contribution is 5.80. The molecule has 1 heterocycles. The number of ether oxygens (including phenoxy) is 2. The second kappa shape index (κ2) is 6.06. The molecule has 0 aliphatic rings. The smallest absolute Gasteiger partial charge is 0.310 e. The number of benzene rings is 1. The topological polar surface area (TPSA) is 65.7 Å². The monoisotopic (exact) mass is 274 g/mol. The van der Waals surface area contributed by atoms with E-state index in [1.54, 1.807) is 30.3 Å². The Balaban J connectivity index is 2.52. The number of furan rings is 1. The van der Waals surface area contributed by atoms with E-state index in [0.717, 1.165) is 0 Å². The molecule has 0 radical (unpaired) electrons. The standard InChI is InChI=1S/C15H14O5/c1-18-12-5-3-4-10(8-14(17)19-2)15(12)13-7-6-11(9-16)20-13/h3-7,9H,8H2,1-2H3. The Morgan fingerprint density at radius 1 is 1.25 bits per heavy atom. The van der Waals surface area contributed by atoms with Crippen molar-refractivity contribution in [2.45, 2.75) is 6.42 Å². The molecule has 0 N–H and O–H groups in total. The average molecular weight is 274 g/mol. The average Bonchev–Trinajstić information content (AvgIpc) is 2.95. The zero-order valence-electron chi connectivity index (χ0n) is 11.2. The molecular formula is C15H14O5. The van der Waals surface area contributed by atoms with Gasteiger partial charge < -0.3 is 13.9 Å². The van der Waals surface area contributed by atoms with Crippen molar-refractivity contribution in [3.63, 3.8) is 0 Å². The first-order valence-corrected chi connectivity index (χ1v) is 5.97. The van der Waals surface area contributed by atoms with E-state index in [2.05, 4.69) is 4.74 Å². The van der Waals surface area contributed by atoms with Crippen LogP contribution in [0.5, 0.6) is 5.75 Å².